The van der Waals surface area contributed by atoms with Crippen LogP contribution in [-0.4, -0.2) is 21.7 Å². The highest BCUT2D eigenvalue weighted by Crippen LogP contribution is 2.36. The third-order valence-corrected chi connectivity index (χ3v) is 5.64. The molecule has 1 aliphatic heterocycles. The molecule has 0 spiro atoms. The molecule has 0 amide bonds. The lowest BCUT2D eigenvalue weighted by atomic mass is 9.87. The summed E-state index contributed by atoms with van der Waals surface area (Å²) in [6, 6.07) is 4.78. The topological polar surface area (TPSA) is 68.3 Å². The fraction of sp³-hybridized carbons (Fsp3) is 0.353. The molecular weight excluding hydrogens is 508 g/mol. The van der Waals surface area contributed by atoms with Gasteiger partial charge >= 0.3 is 0 Å². The van der Waals surface area contributed by atoms with Gasteiger partial charge in [0.05, 0.1) is 10.5 Å². The molecule has 4 nitrogen and oxygen atoms in total. The van der Waals surface area contributed by atoms with Gasteiger partial charge in [-0.15, -0.1) is 11.3 Å². The number of hydrogen-bond donors (Lipinski definition) is 1. The van der Waals surface area contributed by atoms with Gasteiger partial charge in [-0.1, -0.05) is 17.8 Å². The van der Waals surface area contributed by atoms with Crippen molar-refractivity contribution in [2.24, 2.45) is 10.7 Å². The normalized spacial score (nSPS) is 19.3. The smallest absolute Gasteiger partial charge is 0.186 e. The average molecular weight is 526 g/mol. The zero-order valence-corrected chi connectivity index (χ0v) is 18.8. The van der Waals surface area contributed by atoms with E-state index in [4.69, 9.17) is 5.73 Å². The number of aliphatic imine (C=N–C) groups is 1. The Balaban J connectivity index is 0.00000117. The Morgan fingerprint density at radius 2 is 2.19 bits per heavy atom. The van der Waals surface area contributed by atoms with Gasteiger partial charge in [0.2, 0.25) is 0 Å². The van der Waals surface area contributed by atoms with Gasteiger partial charge in [-0.05, 0) is 46.9 Å². The molecule has 2 heterocycles. The minimum atomic E-state index is -0.685. The molecule has 0 unspecified atom stereocenters. The van der Waals surface area contributed by atoms with E-state index < -0.39 is 5.54 Å². The van der Waals surface area contributed by atoms with Crippen LogP contribution >= 0.6 is 53.5 Å². The van der Waals surface area contributed by atoms with E-state index in [1.165, 1.54) is 29.2 Å². The monoisotopic (exact) mass is 525 g/mol. The second kappa shape index (κ2) is 9.48. The summed E-state index contributed by atoms with van der Waals surface area (Å²) in [4.78, 5) is 21.0. The first kappa shape index (κ1) is 21.6. The van der Waals surface area contributed by atoms with Crippen LogP contribution in [0.3, 0.4) is 0 Å². The maximum atomic E-state index is 14.4. The number of thiazole rings is 1. The molecule has 0 bridgehead atoms. The van der Waals surface area contributed by atoms with Crippen LogP contribution in [0.5, 0.6) is 0 Å². The maximum Gasteiger partial charge on any atom is 0.186 e. The van der Waals surface area contributed by atoms with Crippen molar-refractivity contribution in [3.63, 3.8) is 0 Å². The molecule has 0 saturated heterocycles. The third kappa shape index (κ3) is 5.17. The molecule has 1 aliphatic rings. The largest absolute Gasteiger partial charge is 0.379 e. The minimum absolute atomic E-state index is 0.0655. The number of benzene rings is 1. The number of hydrogen-bond acceptors (Lipinski definition) is 6. The Hall–Kier alpha value is -0.710. The van der Waals surface area contributed by atoms with E-state index in [1.807, 2.05) is 13.8 Å². The molecule has 9 heteroatoms. The van der Waals surface area contributed by atoms with Crippen molar-refractivity contribution in [2.45, 2.75) is 32.2 Å². The fourth-order valence-electron chi connectivity index (χ4n) is 2.74. The van der Waals surface area contributed by atoms with Crippen LogP contribution in [0.2, 0.25) is 0 Å². The molecule has 1 atom stereocenters. The quantitative estimate of drug-likeness (QED) is 0.437. The van der Waals surface area contributed by atoms with Crippen LogP contribution in [0, 0.1) is 12.7 Å². The number of amidine groups is 1. The van der Waals surface area contributed by atoms with Gasteiger partial charge < -0.3 is 5.73 Å². The Bertz CT molecular complexity index is 830. The summed E-state index contributed by atoms with van der Waals surface area (Å²) in [6.07, 6.45) is 0.901. The first-order valence-electron chi connectivity index (χ1n) is 7.74. The van der Waals surface area contributed by atoms with Crippen LogP contribution in [0.15, 0.2) is 28.6 Å². The number of ketones is 1. The summed E-state index contributed by atoms with van der Waals surface area (Å²) in [5.74, 6) is 0.415. The number of halogens is 3. The first-order valence-corrected chi connectivity index (χ1v) is 12.3. The van der Waals surface area contributed by atoms with Crippen molar-refractivity contribution in [1.29, 1.82) is 0 Å². The predicted octanol–water partition coefficient (Wildman–Crippen LogP) is 5.26. The van der Waals surface area contributed by atoms with Gasteiger partial charge in [0.1, 0.15) is 11.5 Å². The fourth-order valence-corrected chi connectivity index (χ4v) is 4.34. The van der Waals surface area contributed by atoms with Gasteiger partial charge in [0.15, 0.2) is 11.0 Å². The van der Waals surface area contributed by atoms with Gasteiger partial charge in [0.25, 0.3) is 0 Å². The summed E-state index contributed by atoms with van der Waals surface area (Å²) in [7, 11) is 4.61. The number of nitrogens with two attached hydrogens (primary N) is 1. The van der Waals surface area contributed by atoms with E-state index in [1.54, 1.807) is 39.0 Å². The van der Waals surface area contributed by atoms with Gasteiger partial charge in [-0.25, -0.2) is 9.37 Å². The van der Waals surface area contributed by atoms with E-state index in [-0.39, 0.29) is 18.0 Å². The molecule has 0 aliphatic carbocycles. The van der Waals surface area contributed by atoms with Crippen LogP contribution in [0.25, 0.3) is 0 Å². The molecular formula is C17H18ClFIN3OS2. The number of nitrogens with zero attached hydrogens (tertiary/aromatic N) is 2. The van der Waals surface area contributed by atoms with E-state index in [0.29, 0.717) is 22.8 Å². The van der Waals surface area contributed by atoms with Crippen LogP contribution in [0.1, 0.15) is 40.0 Å². The van der Waals surface area contributed by atoms with Crippen molar-refractivity contribution < 1.29 is 9.18 Å². The Morgan fingerprint density at radius 3 is 2.81 bits per heavy atom. The molecule has 1 aromatic heterocycles. The number of aromatic nitrogens is 1. The number of carbonyl (C=O) groups excluding carboxylic acids is 1. The second-order valence-corrected chi connectivity index (χ2v) is 8.17. The van der Waals surface area contributed by atoms with E-state index >= 15 is 0 Å². The van der Waals surface area contributed by atoms with Crippen LogP contribution < -0.4 is 5.73 Å². The van der Waals surface area contributed by atoms with Crippen molar-refractivity contribution in [1.82, 2.24) is 4.98 Å². The number of carbonyl (C=O) groups is 1. The zero-order chi connectivity index (χ0) is 19.3. The molecule has 0 saturated carbocycles. The summed E-state index contributed by atoms with van der Waals surface area (Å²) in [5.41, 5.74) is 6.85. The number of Topliss-reactive ketones (excluding diaryl/α,β-unsaturated/α-hetero) is 1. The number of thioether (sulfide) groups is 1. The van der Waals surface area contributed by atoms with Crippen molar-refractivity contribution in [3.8, 4) is 0 Å². The molecule has 1 aromatic carbocycles. The first-order chi connectivity index (χ1) is 12.4. The van der Waals surface area contributed by atoms with E-state index in [2.05, 4.69) is 18.9 Å². The summed E-state index contributed by atoms with van der Waals surface area (Å²) >= 11 is 4.55. The van der Waals surface area contributed by atoms with Crippen LogP contribution in [0.4, 0.5) is 4.39 Å². The highest BCUT2D eigenvalue weighted by Gasteiger charge is 2.32. The molecule has 3 rings (SSSR count). The lowest BCUT2D eigenvalue weighted by Gasteiger charge is -2.30. The minimum Gasteiger partial charge on any atom is -0.379 e. The molecule has 2 N–H and O–H groups in total. The SMILES string of the molecule is Cc1nc(C(=O)Cc2ccc(F)c([C@]3(C)CCSC(N)=N3)c2)cs1.ClI. The maximum absolute atomic E-state index is 14.4. The molecule has 140 valence electrons. The molecule has 2 aromatic rings. The van der Waals surface area contributed by atoms with Gasteiger partial charge in [0, 0.05) is 44.6 Å². The standard InChI is InChI=1S/C17H18FN3OS2.ClI/c1-10-20-14(9-24-10)15(22)8-11-3-4-13(18)12(7-11)17(2)5-6-23-16(19)21-17;1-2/h3-4,7,9H,5-6,8H2,1-2H3,(H2,19,21);/t17-;/m0./s1. The van der Waals surface area contributed by atoms with Gasteiger partial charge in [-0.3, -0.25) is 9.79 Å². The molecule has 26 heavy (non-hydrogen) atoms. The van der Waals surface area contributed by atoms with Crippen molar-refractivity contribution in [2.75, 3.05) is 5.75 Å². The molecule has 0 radical (unpaired) electrons. The Labute approximate surface area is 177 Å². The second-order valence-electron chi connectivity index (χ2n) is 5.99. The van der Waals surface area contributed by atoms with E-state index in [0.717, 1.165) is 16.3 Å². The summed E-state index contributed by atoms with van der Waals surface area (Å²) < 4.78 is 14.4. The van der Waals surface area contributed by atoms with Gasteiger partial charge in [-0.2, -0.15) is 0 Å². The highest BCUT2D eigenvalue weighted by atomic mass is 127. The average Bonchev–Trinajstić information content (AvgIpc) is 3.05. The lowest BCUT2D eigenvalue weighted by Crippen LogP contribution is -2.29. The number of aryl methyl sites for hydroxylation is 1. The van der Waals surface area contributed by atoms with Crippen molar-refractivity contribution in [3.05, 3.63) is 51.2 Å². The van der Waals surface area contributed by atoms with Crippen molar-refractivity contribution >= 4 is 64.4 Å². The summed E-state index contributed by atoms with van der Waals surface area (Å²) in [6.45, 7) is 3.75. The Kier molecular flexibility index (Phi) is 7.87. The number of rotatable bonds is 4. The summed E-state index contributed by atoms with van der Waals surface area (Å²) in [5, 5.41) is 3.09. The third-order valence-electron chi connectivity index (χ3n) is 4.08. The lowest BCUT2D eigenvalue weighted by molar-refractivity contribution is 0.0988. The molecule has 0 fully saturated rings. The van der Waals surface area contributed by atoms with Crippen LogP contribution in [-0.2, 0) is 12.0 Å². The Morgan fingerprint density at radius 1 is 1.46 bits per heavy atom. The predicted molar refractivity (Wildman–Crippen MR) is 117 cm³/mol. The zero-order valence-electron chi connectivity index (χ0n) is 14.3. The van der Waals surface area contributed by atoms with E-state index in [9.17, 15) is 9.18 Å². The highest BCUT2D eigenvalue weighted by molar-refractivity contribution is 14.1.